The van der Waals surface area contributed by atoms with Crippen molar-refractivity contribution < 1.29 is 0 Å². The standard InChI is InChI=1S/C30H23N3S2/c1-19-13-15-27(34-19)23-17-25(21-9-5-3-6-10-21)31-29(23)33-30-24(28-16-14-20(2)35-28)18-26(32-30)22-11-7-4-8-12-22/h3-18,31H,1-2H3/b33-30-. The largest absolute Gasteiger partial charge is 0.339 e. The van der Waals surface area contributed by atoms with Crippen molar-refractivity contribution in [1.29, 1.82) is 0 Å². The van der Waals surface area contributed by atoms with Crippen molar-refractivity contribution in [2.24, 2.45) is 9.98 Å². The first kappa shape index (κ1) is 21.7. The van der Waals surface area contributed by atoms with Gasteiger partial charge < -0.3 is 4.98 Å². The summed E-state index contributed by atoms with van der Waals surface area (Å²) in [6.07, 6.45) is 2.16. The van der Waals surface area contributed by atoms with Gasteiger partial charge in [0, 0.05) is 41.9 Å². The van der Waals surface area contributed by atoms with E-state index in [-0.39, 0.29) is 0 Å². The van der Waals surface area contributed by atoms with E-state index in [0.717, 1.165) is 45.3 Å². The Morgan fingerprint density at radius 3 is 1.97 bits per heavy atom. The number of allylic oxidation sites excluding steroid dienone is 1. The lowest BCUT2D eigenvalue weighted by Gasteiger charge is -2.02. The molecule has 0 atom stereocenters. The van der Waals surface area contributed by atoms with Gasteiger partial charge in [-0.15, -0.1) is 22.7 Å². The number of H-pyrrole nitrogens is 1. The summed E-state index contributed by atoms with van der Waals surface area (Å²) in [6.45, 7) is 4.27. The Bertz CT molecular complexity index is 1600. The molecule has 1 N–H and O–H groups in total. The van der Waals surface area contributed by atoms with Gasteiger partial charge in [-0.3, -0.25) is 0 Å². The van der Waals surface area contributed by atoms with Crippen molar-refractivity contribution in [2.45, 2.75) is 13.8 Å². The monoisotopic (exact) mass is 489 g/mol. The highest BCUT2D eigenvalue weighted by Crippen LogP contribution is 2.40. The topological polar surface area (TPSA) is 40.5 Å². The quantitative estimate of drug-likeness (QED) is 0.256. The van der Waals surface area contributed by atoms with Crippen LogP contribution in [0.3, 0.4) is 0 Å². The summed E-state index contributed by atoms with van der Waals surface area (Å²) >= 11 is 3.55. The number of nitrogens with one attached hydrogen (secondary N) is 1. The van der Waals surface area contributed by atoms with Crippen LogP contribution in [-0.4, -0.2) is 16.5 Å². The number of rotatable bonds is 5. The minimum Gasteiger partial charge on any atom is -0.339 e. The van der Waals surface area contributed by atoms with Gasteiger partial charge in [0.2, 0.25) is 0 Å². The number of hydrogen-bond acceptors (Lipinski definition) is 3. The zero-order valence-corrected chi connectivity index (χ0v) is 21.1. The minimum atomic E-state index is 0.738. The molecule has 0 spiro atoms. The first-order valence-electron chi connectivity index (χ1n) is 11.5. The van der Waals surface area contributed by atoms with Gasteiger partial charge in [-0.2, -0.15) is 0 Å². The number of aryl methyl sites for hydroxylation is 2. The van der Waals surface area contributed by atoms with E-state index in [2.05, 4.69) is 91.6 Å². The number of amidine groups is 1. The third-order valence-corrected chi connectivity index (χ3v) is 8.00. The van der Waals surface area contributed by atoms with E-state index in [9.17, 15) is 0 Å². The molecule has 1 aliphatic rings. The van der Waals surface area contributed by atoms with Gasteiger partial charge in [0.05, 0.1) is 5.71 Å². The van der Waals surface area contributed by atoms with Crippen LogP contribution < -0.4 is 0 Å². The van der Waals surface area contributed by atoms with E-state index in [1.165, 1.54) is 19.5 Å². The molecule has 0 saturated carbocycles. The Kier molecular flexibility index (Phi) is 5.64. The highest BCUT2D eigenvalue weighted by molar-refractivity contribution is 7.15. The van der Waals surface area contributed by atoms with Crippen LogP contribution >= 0.6 is 22.7 Å². The highest BCUT2D eigenvalue weighted by Gasteiger charge is 2.22. The first-order valence-corrected chi connectivity index (χ1v) is 13.1. The van der Waals surface area contributed by atoms with E-state index >= 15 is 0 Å². The Balaban J connectivity index is 1.51. The average Bonchev–Trinajstić information content (AvgIpc) is 3.67. The molecule has 35 heavy (non-hydrogen) atoms. The fourth-order valence-corrected chi connectivity index (χ4v) is 5.95. The van der Waals surface area contributed by atoms with Crippen LogP contribution in [0.2, 0.25) is 0 Å². The lowest BCUT2D eigenvalue weighted by Crippen LogP contribution is -1.94. The molecule has 6 rings (SSSR count). The van der Waals surface area contributed by atoms with Crippen LogP contribution in [0.15, 0.2) is 107 Å². The third kappa shape index (κ3) is 4.36. The lowest BCUT2D eigenvalue weighted by molar-refractivity contribution is 1.33. The molecule has 0 amide bonds. The lowest BCUT2D eigenvalue weighted by atomic mass is 10.1. The maximum Gasteiger partial charge on any atom is 0.163 e. The normalized spacial score (nSPS) is 14.4. The molecule has 5 aromatic rings. The summed E-state index contributed by atoms with van der Waals surface area (Å²) in [4.78, 5) is 18.7. The summed E-state index contributed by atoms with van der Waals surface area (Å²) in [5.74, 6) is 1.57. The van der Waals surface area contributed by atoms with E-state index in [1.54, 1.807) is 22.7 Å². The van der Waals surface area contributed by atoms with Crippen LogP contribution in [0.1, 0.15) is 20.2 Å². The number of aromatic amines is 1. The Morgan fingerprint density at radius 1 is 0.714 bits per heavy atom. The summed E-state index contributed by atoms with van der Waals surface area (Å²) in [6, 6.07) is 31.6. The predicted octanol–water partition coefficient (Wildman–Crippen LogP) is 8.71. The van der Waals surface area contributed by atoms with Crippen LogP contribution in [0.25, 0.3) is 27.3 Å². The second-order valence-electron chi connectivity index (χ2n) is 8.49. The summed E-state index contributed by atoms with van der Waals surface area (Å²) in [5, 5.41) is 0. The Hall–Kier alpha value is -3.80. The van der Waals surface area contributed by atoms with Crippen molar-refractivity contribution in [1.82, 2.24) is 4.98 Å². The molecular formula is C30H23N3S2. The smallest absolute Gasteiger partial charge is 0.163 e. The SMILES string of the molecule is Cc1ccc(C2=CC(c3ccccc3)=N/C2=N\c2[nH]c(-c3ccccc3)cc2-c2ccc(C)s2)s1. The second kappa shape index (κ2) is 9.10. The van der Waals surface area contributed by atoms with Crippen molar-refractivity contribution in [3.63, 3.8) is 0 Å². The van der Waals surface area contributed by atoms with Crippen LogP contribution in [0.5, 0.6) is 0 Å². The molecule has 0 saturated heterocycles. The zero-order chi connectivity index (χ0) is 23.8. The van der Waals surface area contributed by atoms with Crippen molar-refractivity contribution in [2.75, 3.05) is 0 Å². The number of nitrogens with zero attached hydrogens (tertiary/aromatic N) is 2. The maximum atomic E-state index is 5.15. The molecule has 5 heteroatoms. The van der Waals surface area contributed by atoms with Crippen molar-refractivity contribution >= 4 is 45.6 Å². The average molecular weight is 490 g/mol. The highest BCUT2D eigenvalue weighted by atomic mass is 32.1. The van der Waals surface area contributed by atoms with E-state index in [0.29, 0.717) is 0 Å². The summed E-state index contributed by atoms with van der Waals surface area (Å²) < 4.78 is 0. The Labute approximate surface area is 212 Å². The van der Waals surface area contributed by atoms with Gasteiger partial charge in [0.25, 0.3) is 0 Å². The van der Waals surface area contributed by atoms with E-state index in [1.807, 2.05) is 24.3 Å². The van der Waals surface area contributed by atoms with Crippen molar-refractivity contribution in [3.05, 3.63) is 117 Å². The minimum absolute atomic E-state index is 0.738. The van der Waals surface area contributed by atoms with Gasteiger partial charge in [-0.1, -0.05) is 60.7 Å². The van der Waals surface area contributed by atoms with Gasteiger partial charge in [0.15, 0.2) is 5.84 Å². The van der Waals surface area contributed by atoms with Gasteiger partial charge in [0.1, 0.15) is 5.82 Å². The fraction of sp³-hybridized carbons (Fsp3) is 0.0667. The first-order chi connectivity index (χ1) is 17.1. The van der Waals surface area contributed by atoms with Gasteiger partial charge in [-0.25, -0.2) is 9.98 Å². The molecular weight excluding hydrogens is 466 g/mol. The van der Waals surface area contributed by atoms with Crippen molar-refractivity contribution in [3.8, 4) is 21.7 Å². The maximum absolute atomic E-state index is 5.15. The Morgan fingerprint density at radius 2 is 1.34 bits per heavy atom. The molecule has 2 aromatic carbocycles. The number of benzene rings is 2. The molecule has 0 aliphatic carbocycles. The second-order valence-corrected chi connectivity index (χ2v) is 11.1. The van der Waals surface area contributed by atoms with Crippen LogP contribution in [0, 0.1) is 13.8 Å². The predicted molar refractivity (Wildman–Crippen MR) is 151 cm³/mol. The number of aromatic nitrogens is 1. The van der Waals surface area contributed by atoms with Crippen LogP contribution in [-0.2, 0) is 0 Å². The molecule has 3 nitrogen and oxygen atoms in total. The molecule has 0 fully saturated rings. The third-order valence-electron chi connectivity index (χ3n) is 5.93. The summed E-state index contributed by atoms with van der Waals surface area (Å²) in [5.41, 5.74) is 6.38. The summed E-state index contributed by atoms with van der Waals surface area (Å²) in [7, 11) is 0. The molecule has 170 valence electrons. The van der Waals surface area contributed by atoms with Gasteiger partial charge >= 0.3 is 0 Å². The number of aliphatic imine (C=N–C) groups is 2. The molecule has 0 bridgehead atoms. The molecule has 0 radical (unpaired) electrons. The zero-order valence-electron chi connectivity index (χ0n) is 19.4. The molecule has 0 unspecified atom stereocenters. The van der Waals surface area contributed by atoms with E-state index in [4.69, 9.17) is 9.98 Å². The molecule has 3 aromatic heterocycles. The van der Waals surface area contributed by atoms with Crippen LogP contribution in [0.4, 0.5) is 5.82 Å². The van der Waals surface area contributed by atoms with Gasteiger partial charge in [-0.05, 0) is 55.8 Å². The molecule has 1 aliphatic heterocycles. The number of thiophene rings is 2. The molecule has 4 heterocycles. The van der Waals surface area contributed by atoms with E-state index < -0.39 is 0 Å². The fourth-order valence-electron chi connectivity index (χ4n) is 4.19. The number of hydrogen-bond donors (Lipinski definition) is 1.